The largest absolute Gasteiger partial charge is 0.271 e. The Balaban J connectivity index is 2.05. The summed E-state index contributed by atoms with van der Waals surface area (Å²) in [5, 5.41) is 0. The van der Waals surface area contributed by atoms with Crippen LogP contribution in [0, 0.1) is 6.92 Å². The first-order chi connectivity index (χ1) is 9.76. The van der Waals surface area contributed by atoms with Crippen LogP contribution in [0.3, 0.4) is 0 Å². The number of hydrazine groups is 1. The van der Waals surface area contributed by atoms with E-state index in [4.69, 9.17) is 5.84 Å². The molecule has 3 rings (SSSR count). The van der Waals surface area contributed by atoms with E-state index < -0.39 is 0 Å². The molecule has 0 amide bonds. The van der Waals surface area contributed by atoms with E-state index in [2.05, 4.69) is 54.8 Å². The monoisotopic (exact) mass is 286 g/mol. The normalized spacial score (nSPS) is 19.1. The number of nitrogens with one attached hydrogen (secondary N) is 1. The van der Waals surface area contributed by atoms with Crippen molar-refractivity contribution in [2.24, 2.45) is 5.84 Å². The molecular formula is C17H22N2S. The number of hydrogen-bond donors (Lipinski definition) is 2. The highest BCUT2D eigenvalue weighted by atomic mass is 32.1. The van der Waals surface area contributed by atoms with Crippen molar-refractivity contribution in [3.63, 3.8) is 0 Å². The van der Waals surface area contributed by atoms with Gasteiger partial charge in [0, 0.05) is 15.2 Å². The molecule has 1 aliphatic carbocycles. The van der Waals surface area contributed by atoms with Crippen molar-refractivity contribution in [3.05, 3.63) is 57.8 Å². The molecule has 1 aromatic heterocycles. The fraction of sp³-hybridized carbons (Fsp3) is 0.412. The highest BCUT2D eigenvalue weighted by Crippen LogP contribution is 2.50. The van der Waals surface area contributed by atoms with Gasteiger partial charge in [-0.2, -0.15) is 0 Å². The molecular weight excluding hydrogens is 264 g/mol. The molecule has 1 heterocycles. The molecule has 2 nitrogen and oxygen atoms in total. The Kier molecular flexibility index (Phi) is 3.92. The minimum absolute atomic E-state index is 0.146. The Morgan fingerprint density at radius 1 is 1.10 bits per heavy atom. The highest BCUT2D eigenvalue weighted by Gasteiger charge is 2.43. The van der Waals surface area contributed by atoms with Crippen LogP contribution in [0.4, 0.5) is 0 Å². The Hall–Kier alpha value is -1.16. The van der Waals surface area contributed by atoms with Crippen molar-refractivity contribution in [2.75, 3.05) is 0 Å². The fourth-order valence-corrected chi connectivity index (χ4v) is 4.70. The van der Waals surface area contributed by atoms with Gasteiger partial charge in [-0.25, -0.2) is 0 Å². The molecule has 3 heteroatoms. The quantitative estimate of drug-likeness (QED) is 0.656. The molecule has 0 aliphatic heterocycles. The zero-order valence-electron chi connectivity index (χ0n) is 11.9. The number of aryl methyl sites for hydroxylation is 1. The van der Waals surface area contributed by atoms with Gasteiger partial charge in [-0.15, -0.1) is 11.3 Å². The molecule has 0 saturated heterocycles. The average Bonchev–Trinajstić information content (AvgIpc) is 3.12. The van der Waals surface area contributed by atoms with E-state index >= 15 is 0 Å². The third kappa shape index (κ3) is 2.30. The van der Waals surface area contributed by atoms with Crippen LogP contribution in [0.5, 0.6) is 0 Å². The van der Waals surface area contributed by atoms with Gasteiger partial charge in [0.25, 0.3) is 0 Å². The molecule has 1 atom stereocenters. The number of nitrogens with two attached hydrogens (primary N) is 1. The van der Waals surface area contributed by atoms with Crippen molar-refractivity contribution in [1.82, 2.24) is 5.43 Å². The summed E-state index contributed by atoms with van der Waals surface area (Å²) in [6, 6.07) is 15.5. The molecule has 1 saturated carbocycles. The van der Waals surface area contributed by atoms with Crippen LogP contribution < -0.4 is 11.3 Å². The van der Waals surface area contributed by atoms with E-state index in [1.165, 1.54) is 41.0 Å². The maximum atomic E-state index is 5.97. The molecule has 0 radical (unpaired) electrons. The van der Waals surface area contributed by atoms with Gasteiger partial charge in [-0.3, -0.25) is 11.3 Å². The van der Waals surface area contributed by atoms with E-state index in [1.54, 1.807) is 0 Å². The van der Waals surface area contributed by atoms with Gasteiger partial charge in [0.1, 0.15) is 0 Å². The molecule has 2 aromatic rings. The number of rotatable bonds is 4. The van der Waals surface area contributed by atoms with Gasteiger partial charge in [-0.1, -0.05) is 43.2 Å². The predicted octanol–water partition coefficient (Wildman–Crippen LogP) is 4.07. The van der Waals surface area contributed by atoms with Crippen LogP contribution in [-0.4, -0.2) is 0 Å². The zero-order valence-corrected chi connectivity index (χ0v) is 12.7. The Labute approximate surface area is 125 Å². The third-order valence-corrected chi connectivity index (χ3v) is 5.67. The Bertz CT molecular complexity index is 555. The summed E-state index contributed by atoms with van der Waals surface area (Å²) in [4.78, 5) is 2.71. The van der Waals surface area contributed by atoms with Gasteiger partial charge in [0.15, 0.2) is 0 Å². The molecule has 0 spiro atoms. The van der Waals surface area contributed by atoms with Gasteiger partial charge >= 0.3 is 0 Å². The van der Waals surface area contributed by atoms with E-state index in [0.717, 1.165) is 0 Å². The van der Waals surface area contributed by atoms with Crippen molar-refractivity contribution < 1.29 is 0 Å². The van der Waals surface area contributed by atoms with Crippen LogP contribution in [-0.2, 0) is 5.41 Å². The standard InChI is InChI=1S/C17H22N2S/c1-13-9-10-15(20-13)16(19-18)17(11-5-6-12-17)14-7-3-2-4-8-14/h2-4,7-10,16,19H,5-6,11-12,18H2,1H3. The summed E-state index contributed by atoms with van der Waals surface area (Å²) in [5.41, 5.74) is 4.69. The van der Waals surface area contributed by atoms with Crippen molar-refractivity contribution in [1.29, 1.82) is 0 Å². The summed E-state index contributed by atoms with van der Waals surface area (Å²) in [7, 11) is 0. The molecule has 1 aromatic carbocycles. The third-order valence-electron chi connectivity index (χ3n) is 4.61. The molecule has 1 unspecified atom stereocenters. The van der Waals surface area contributed by atoms with Gasteiger partial charge in [-0.05, 0) is 37.5 Å². The van der Waals surface area contributed by atoms with Crippen LogP contribution >= 0.6 is 11.3 Å². The van der Waals surface area contributed by atoms with Crippen LogP contribution in [0.25, 0.3) is 0 Å². The summed E-state index contributed by atoms with van der Waals surface area (Å²) >= 11 is 1.86. The van der Waals surface area contributed by atoms with E-state index in [-0.39, 0.29) is 11.5 Å². The summed E-state index contributed by atoms with van der Waals surface area (Å²) < 4.78 is 0. The molecule has 1 aliphatic rings. The second-order valence-electron chi connectivity index (χ2n) is 5.78. The van der Waals surface area contributed by atoms with Crippen molar-refractivity contribution in [2.45, 2.75) is 44.1 Å². The summed E-state index contributed by atoms with van der Waals surface area (Å²) in [5.74, 6) is 5.97. The number of hydrogen-bond acceptors (Lipinski definition) is 3. The van der Waals surface area contributed by atoms with Gasteiger partial charge < -0.3 is 0 Å². The molecule has 3 N–H and O–H groups in total. The first kappa shape index (κ1) is 13.8. The minimum atomic E-state index is 0.146. The zero-order chi connectivity index (χ0) is 14.0. The Morgan fingerprint density at radius 3 is 2.35 bits per heavy atom. The average molecular weight is 286 g/mol. The van der Waals surface area contributed by atoms with Gasteiger partial charge in [0.2, 0.25) is 0 Å². The predicted molar refractivity (Wildman–Crippen MR) is 85.7 cm³/mol. The second kappa shape index (κ2) is 5.68. The lowest BCUT2D eigenvalue weighted by Crippen LogP contribution is -2.42. The van der Waals surface area contributed by atoms with E-state index in [0.29, 0.717) is 0 Å². The summed E-state index contributed by atoms with van der Waals surface area (Å²) in [6.45, 7) is 2.16. The second-order valence-corrected chi connectivity index (χ2v) is 7.10. The van der Waals surface area contributed by atoms with E-state index in [1.807, 2.05) is 11.3 Å². The maximum Gasteiger partial charge on any atom is 0.0649 e. The molecule has 20 heavy (non-hydrogen) atoms. The fourth-order valence-electron chi connectivity index (χ4n) is 3.64. The van der Waals surface area contributed by atoms with Crippen LogP contribution in [0.1, 0.15) is 47.0 Å². The molecule has 106 valence electrons. The van der Waals surface area contributed by atoms with Crippen LogP contribution in [0.2, 0.25) is 0 Å². The van der Waals surface area contributed by atoms with Crippen molar-refractivity contribution in [3.8, 4) is 0 Å². The minimum Gasteiger partial charge on any atom is -0.271 e. The maximum absolute atomic E-state index is 5.97. The van der Waals surface area contributed by atoms with Crippen LogP contribution in [0.15, 0.2) is 42.5 Å². The lowest BCUT2D eigenvalue weighted by atomic mass is 9.72. The highest BCUT2D eigenvalue weighted by molar-refractivity contribution is 7.12. The summed E-state index contributed by atoms with van der Waals surface area (Å²) in [6.07, 6.45) is 5.00. The number of thiophene rings is 1. The smallest absolute Gasteiger partial charge is 0.0649 e. The topological polar surface area (TPSA) is 38.0 Å². The van der Waals surface area contributed by atoms with Gasteiger partial charge in [0.05, 0.1) is 6.04 Å². The van der Waals surface area contributed by atoms with E-state index in [9.17, 15) is 0 Å². The Morgan fingerprint density at radius 2 is 1.80 bits per heavy atom. The molecule has 1 fully saturated rings. The first-order valence-electron chi connectivity index (χ1n) is 7.34. The van der Waals surface area contributed by atoms with Crippen molar-refractivity contribution >= 4 is 11.3 Å². The SMILES string of the molecule is Cc1ccc(C(NN)C2(c3ccccc3)CCCC2)s1. The number of benzene rings is 1. The lowest BCUT2D eigenvalue weighted by molar-refractivity contribution is 0.307. The first-order valence-corrected chi connectivity index (χ1v) is 8.16. The molecule has 0 bridgehead atoms. The lowest BCUT2D eigenvalue weighted by Gasteiger charge is -2.37.